The first-order valence-corrected chi connectivity index (χ1v) is 9.56. The quantitative estimate of drug-likeness (QED) is 0.438. The molecule has 5 heteroatoms. The van der Waals surface area contributed by atoms with Crippen molar-refractivity contribution in [1.82, 2.24) is 5.32 Å². The average Bonchev–Trinajstić information content (AvgIpc) is 3.04. The molecule has 0 aromatic heterocycles. The van der Waals surface area contributed by atoms with Gasteiger partial charge in [0.2, 0.25) is 0 Å². The van der Waals surface area contributed by atoms with Gasteiger partial charge in [0.25, 0.3) is 0 Å². The van der Waals surface area contributed by atoms with Gasteiger partial charge in [-0.15, -0.1) is 13.2 Å². The molecule has 0 saturated carbocycles. The topological polar surface area (TPSA) is 21.3 Å². The van der Waals surface area contributed by atoms with Crippen molar-refractivity contribution in [3.05, 3.63) is 88.1 Å². The molecular formula is C21H20BrClFNO. The molecule has 0 spiro atoms. The second kappa shape index (κ2) is 7.95. The zero-order valence-corrected chi connectivity index (χ0v) is 16.6. The first kappa shape index (κ1) is 19.2. The SMILES string of the molecule is C=CCNC(CC=C)C1(c2ccccc2)Cc2c(cc(F)c(Cl)c2Br)O1. The molecule has 26 heavy (non-hydrogen) atoms. The number of halogens is 3. The maximum Gasteiger partial charge on any atom is 0.154 e. The highest BCUT2D eigenvalue weighted by Gasteiger charge is 2.48. The summed E-state index contributed by atoms with van der Waals surface area (Å²) >= 11 is 9.54. The summed E-state index contributed by atoms with van der Waals surface area (Å²) in [5.41, 5.74) is 1.19. The van der Waals surface area contributed by atoms with Crippen molar-refractivity contribution in [2.24, 2.45) is 0 Å². The molecule has 0 amide bonds. The molecule has 0 aliphatic carbocycles. The summed E-state index contributed by atoms with van der Waals surface area (Å²) in [6.07, 6.45) is 4.92. The lowest BCUT2D eigenvalue weighted by Crippen LogP contribution is -2.51. The molecule has 0 fully saturated rings. The molecule has 1 aliphatic heterocycles. The summed E-state index contributed by atoms with van der Waals surface area (Å²) in [5.74, 6) is 0.0116. The summed E-state index contributed by atoms with van der Waals surface area (Å²) in [6, 6.07) is 11.3. The van der Waals surface area contributed by atoms with E-state index >= 15 is 0 Å². The van der Waals surface area contributed by atoms with Gasteiger partial charge in [-0.1, -0.05) is 54.1 Å². The van der Waals surface area contributed by atoms with Gasteiger partial charge in [-0.25, -0.2) is 4.39 Å². The smallest absolute Gasteiger partial charge is 0.154 e. The van der Waals surface area contributed by atoms with Crippen LogP contribution in [0, 0.1) is 5.82 Å². The Morgan fingerprint density at radius 2 is 2.04 bits per heavy atom. The summed E-state index contributed by atoms with van der Waals surface area (Å²) in [4.78, 5) is 0. The number of nitrogens with one attached hydrogen (secondary N) is 1. The fourth-order valence-corrected chi connectivity index (χ4v) is 4.16. The van der Waals surface area contributed by atoms with E-state index in [1.807, 2.05) is 42.5 Å². The molecule has 1 heterocycles. The molecule has 0 radical (unpaired) electrons. The summed E-state index contributed by atoms with van der Waals surface area (Å²) in [7, 11) is 0. The monoisotopic (exact) mass is 435 g/mol. The molecule has 2 aromatic rings. The third kappa shape index (κ3) is 3.34. The largest absolute Gasteiger partial charge is 0.480 e. The van der Waals surface area contributed by atoms with Crippen LogP contribution in [-0.4, -0.2) is 12.6 Å². The first-order valence-electron chi connectivity index (χ1n) is 8.39. The highest BCUT2D eigenvalue weighted by Crippen LogP contribution is 2.49. The minimum atomic E-state index is -0.694. The van der Waals surface area contributed by atoms with Crippen LogP contribution in [0.1, 0.15) is 17.5 Å². The Labute approximate surface area is 166 Å². The lowest BCUT2D eigenvalue weighted by atomic mass is 9.81. The van der Waals surface area contributed by atoms with Crippen LogP contribution in [0.4, 0.5) is 4.39 Å². The Kier molecular flexibility index (Phi) is 5.86. The number of benzene rings is 2. The van der Waals surface area contributed by atoms with Gasteiger partial charge >= 0.3 is 0 Å². The summed E-state index contributed by atoms with van der Waals surface area (Å²) < 4.78 is 21.1. The first-order chi connectivity index (χ1) is 12.5. The standard InChI is InChI=1S/C21H20BrClFNO/c1-3-8-18(25-11-4-2)21(14-9-6-5-7-10-14)13-15-17(26-21)12-16(24)20(23)19(15)22/h3-7,9-10,12,18,25H,1-2,8,11,13H2. The van der Waals surface area contributed by atoms with E-state index in [2.05, 4.69) is 34.4 Å². The van der Waals surface area contributed by atoms with Crippen LogP contribution in [0.15, 0.2) is 66.2 Å². The maximum atomic E-state index is 14.2. The van der Waals surface area contributed by atoms with Gasteiger partial charge < -0.3 is 10.1 Å². The lowest BCUT2D eigenvalue weighted by Gasteiger charge is -2.37. The van der Waals surface area contributed by atoms with E-state index < -0.39 is 11.4 Å². The summed E-state index contributed by atoms with van der Waals surface area (Å²) in [6.45, 7) is 8.30. The highest BCUT2D eigenvalue weighted by molar-refractivity contribution is 9.10. The molecule has 2 aromatic carbocycles. The molecule has 0 bridgehead atoms. The second-order valence-corrected chi connectivity index (χ2v) is 7.44. The number of rotatable bonds is 7. The van der Waals surface area contributed by atoms with Crippen molar-refractivity contribution in [3.63, 3.8) is 0 Å². The third-order valence-electron chi connectivity index (χ3n) is 4.69. The Hall–Kier alpha value is -1.62. The van der Waals surface area contributed by atoms with Crippen molar-refractivity contribution in [3.8, 4) is 5.75 Å². The van der Waals surface area contributed by atoms with E-state index in [4.69, 9.17) is 16.3 Å². The minimum absolute atomic E-state index is 0.0680. The molecule has 3 rings (SSSR count). The summed E-state index contributed by atoms with van der Waals surface area (Å²) in [5, 5.41) is 3.56. The van der Waals surface area contributed by atoms with Crippen LogP contribution < -0.4 is 10.1 Å². The minimum Gasteiger partial charge on any atom is -0.480 e. The maximum absolute atomic E-state index is 14.2. The molecular weight excluding hydrogens is 417 g/mol. The fourth-order valence-electron chi connectivity index (χ4n) is 3.47. The molecule has 1 N–H and O–H groups in total. The van der Waals surface area contributed by atoms with Crippen molar-refractivity contribution in [1.29, 1.82) is 0 Å². The average molecular weight is 437 g/mol. The van der Waals surface area contributed by atoms with Crippen LogP contribution in [-0.2, 0) is 12.0 Å². The van der Waals surface area contributed by atoms with Crippen molar-refractivity contribution >= 4 is 27.5 Å². The van der Waals surface area contributed by atoms with E-state index in [0.717, 1.165) is 11.1 Å². The van der Waals surface area contributed by atoms with Crippen LogP contribution in [0.25, 0.3) is 0 Å². The molecule has 2 nitrogen and oxygen atoms in total. The van der Waals surface area contributed by atoms with Gasteiger partial charge in [0.15, 0.2) is 5.60 Å². The Balaban J connectivity index is 2.13. The second-order valence-electron chi connectivity index (χ2n) is 6.27. The number of hydrogen-bond donors (Lipinski definition) is 1. The Morgan fingerprint density at radius 3 is 2.69 bits per heavy atom. The van der Waals surface area contributed by atoms with Crippen molar-refractivity contribution < 1.29 is 9.13 Å². The van der Waals surface area contributed by atoms with Crippen LogP contribution in [0.5, 0.6) is 5.75 Å². The Bertz CT molecular complexity index is 827. The normalized spacial score (nSPS) is 19.5. The van der Waals surface area contributed by atoms with Gasteiger partial charge in [-0.05, 0) is 27.9 Å². The van der Waals surface area contributed by atoms with Gasteiger partial charge in [-0.2, -0.15) is 0 Å². The van der Waals surface area contributed by atoms with E-state index in [1.54, 1.807) is 0 Å². The third-order valence-corrected chi connectivity index (χ3v) is 6.16. The molecule has 136 valence electrons. The zero-order valence-electron chi connectivity index (χ0n) is 14.3. The van der Waals surface area contributed by atoms with Gasteiger partial charge in [0.05, 0.1) is 11.1 Å². The molecule has 2 atom stereocenters. The van der Waals surface area contributed by atoms with E-state index in [-0.39, 0.29) is 11.1 Å². The molecule has 1 aliphatic rings. The van der Waals surface area contributed by atoms with E-state index in [9.17, 15) is 4.39 Å². The Morgan fingerprint density at radius 1 is 1.31 bits per heavy atom. The van der Waals surface area contributed by atoms with Crippen molar-refractivity contribution in [2.75, 3.05) is 6.54 Å². The van der Waals surface area contributed by atoms with Crippen LogP contribution in [0.3, 0.4) is 0 Å². The number of hydrogen-bond acceptors (Lipinski definition) is 2. The number of ether oxygens (including phenoxy) is 1. The van der Waals surface area contributed by atoms with Gasteiger partial charge in [0.1, 0.15) is 11.6 Å². The van der Waals surface area contributed by atoms with E-state index in [0.29, 0.717) is 29.6 Å². The zero-order chi connectivity index (χ0) is 18.7. The van der Waals surface area contributed by atoms with Crippen molar-refractivity contribution in [2.45, 2.75) is 24.5 Å². The fraction of sp³-hybridized carbons (Fsp3) is 0.238. The predicted octanol–water partition coefficient (Wildman–Crippen LogP) is 5.79. The lowest BCUT2D eigenvalue weighted by molar-refractivity contribution is 0.0486. The molecule has 0 saturated heterocycles. The predicted molar refractivity (Wildman–Crippen MR) is 108 cm³/mol. The van der Waals surface area contributed by atoms with Crippen LogP contribution in [0.2, 0.25) is 5.02 Å². The highest BCUT2D eigenvalue weighted by atomic mass is 79.9. The number of fused-ring (bicyclic) bond motifs is 1. The van der Waals surface area contributed by atoms with E-state index in [1.165, 1.54) is 6.07 Å². The van der Waals surface area contributed by atoms with Gasteiger partial charge in [-0.3, -0.25) is 0 Å². The van der Waals surface area contributed by atoms with Gasteiger partial charge in [0, 0.05) is 29.1 Å². The molecule has 2 unspecified atom stereocenters. The van der Waals surface area contributed by atoms with Crippen LogP contribution >= 0.6 is 27.5 Å².